The third-order valence-corrected chi connectivity index (χ3v) is 6.65. The van der Waals surface area contributed by atoms with Gasteiger partial charge in [0.1, 0.15) is 23.7 Å². The Morgan fingerprint density at radius 2 is 2.24 bits per heavy atom. The van der Waals surface area contributed by atoms with Crippen molar-refractivity contribution in [1.82, 2.24) is 9.97 Å². The minimum atomic E-state index is -0.907. The zero-order valence-electron chi connectivity index (χ0n) is 16.1. The molecule has 0 amide bonds. The minimum absolute atomic E-state index is 0.0384. The Balaban J connectivity index is 1.89. The summed E-state index contributed by atoms with van der Waals surface area (Å²) < 4.78 is 28.2. The number of aliphatic imine (C=N–C) groups is 1. The van der Waals surface area contributed by atoms with E-state index in [-0.39, 0.29) is 29.0 Å². The van der Waals surface area contributed by atoms with Crippen LogP contribution in [0.5, 0.6) is 0 Å². The molecule has 1 saturated carbocycles. The van der Waals surface area contributed by atoms with Gasteiger partial charge in [-0.3, -0.25) is 9.79 Å². The summed E-state index contributed by atoms with van der Waals surface area (Å²) in [5, 5.41) is 0.596. The highest BCUT2D eigenvalue weighted by Gasteiger charge is 2.48. The Labute approximate surface area is 177 Å². The maximum atomic E-state index is 14.2. The van der Waals surface area contributed by atoms with Crippen LogP contribution < -0.4 is 5.73 Å². The van der Waals surface area contributed by atoms with Gasteiger partial charge in [0.25, 0.3) is 0 Å². The molecule has 156 valence electrons. The summed E-state index contributed by atoms with van der Waals surface area (Å²) in [5.41, 5.74) is 6.39. The van der Waals surface area contributed by atoms with Crippen molar-refractivity contribution >= 4 is 34.3 Å². The molecule has 3 atom stereocenters. The number of hydrogen-bond acceptors (Lipinski definition) is 6. The molecule has 2 heterocycles. The molecule has 1 aliphatic carbocycles. The molecule has 2 aliphatic rings. The average Bonchev–Trinajstić information content (AvgIpc) is 2.71. The summed E-state index contributed by atoms with van der Waals surface area (Å²) in [6.07, 6.45) is 6.26. The maximum absolute atomic E-state index is 14.2. The number of carbonyl (C=O) groups is 1. The highest BCUT2D eigenvalue weighted by Crippen LogP contribution is 2.47. The van der Waals surface area contributed by atoms with Gasteiger partial charge in [0.05, 0.1) is 17.9 Å². The summed E-state index contributed by atoms with van der Waals surface area (Å²) in [6.45, 7) is 1.05. The highest BCUT2D eigenvalue weighted by molar-refractivity contribution is 8.13. The largest absolute Gasteiger partial charge is 0.379 e. The van der Waals surface area contributed by atoms with Gasteiger partial charge in [0.2, 0.25) is 0 Å². The average molecular weight is 441 g/mol. The van der Waals surface area contributed by atoms with Crippen LogP contribution in [0.15, 0.2) is 40.7 Å². The normalized spacial score (nSPS) is 27.9. The molecular formula is C20H23ClF2N4OS. The summed E-state index contributed by atoms with van der Waals surface area (Å²) >= 11 is 7.09. The number of alkyl halides is 2. The molecule has 5 nitrogen and oxygen atoms in total. The van der Waals surface area contributed by atoms with Gasteiger partial charge < -0.3 is 5.73 Å². The molecule has 1 aliphatic heterocycles. The van der Waals surface area contributed by atoms with E-state index in [1.54, 1.807) is 19.1 Å². The van der Waals surface area contributed by atoms with Gasteiger partial charge in [-0.2, -0.15) is 0 Å². The number of Topliss-reactive ketones (excluding diaryl/α,β-unsaturated/α-hetero) is 1. The minimum Gasteiger partial charge on any atom is -0.379 e. The molecule has 0 bridgehead atoms. The number of halogens is 3. The lowest BCUT2D eigenvalue weighted by molar-refractivity contribution is 0.0988. The van der Waals surface area contributed by atoms with Crippen molar-refractivity contribution < 1.29 is 13.6 Å². The number of rotatable bonds is 6. The molecule has 2 N–H and O–H groups in total. The number of ketones is 1. The Hall–Kier alpha value is -1.80. The van der Waals surface area contributed by atoms with Crippen LogP contribution in [-0.4, -0.2) is 45.1 Å². The lowest BCUT2D eigenvalue weighted by Gasteiger charge is -2.45. The molecule has 1 aromatic heterocycles. The third kappa shape index (κ3) is 4.86. The molecule has 0 saturated heterocycles. The van der Waals surface area contributed by atoms with Gasteiger partial charge in [-0.15, -0.1) is 0 Å². The molecule has 9 heteroatoms. The van der Waals surface area contributed by atoms with E-state index in [1.807, 2.05) is 0 Å². The third-order valence-electron chi connectivity index (χ3n) is 5.50. The number of nitrogens with two attached hydrogens (primary N) is 1. The Morgan fingerprint density at radius 3 is 2.90 bits per heavy atom. The number of amidine groups is 1. The fourth-order valence-electron chi connectivity index (χ4n) is 3.94. The van der Waals surface area contributed by atoms with Gasteiger partial charge in [0, 0.05) is 18.1 Å². The van der Waals surface area contributed by atoms with Crippen LogP contribution >= 0.6 is 23.4 Å². The SMILES string of the molecule is C/C=C(\C=C(/CF)[C@]12CC[C@H](F)C[C@H]1CSC(N)=N2)CC(=O)c1cnc(Cl)cn1. The molecule has 0 unspecified atom stereocenters. The van der Waals surface area contributed by atoms with Crippen molar-refractivity contribution in [3.63, 3.8) is 0 Å². The van der Waals surface area contributed by atoms with Crippen LogP contribution in [0, 0.1) is 5.92 Å². The molecule has 0 radical (unpaired) electrons. The standard InChI is InChI=1S/C20H23ClF2N4OS/c1-2-12(6-17(28)16-9-26-18(21)10-25-16)5-13(8-22)20-4-3-15(23)7-14(20)11-29-19(24)27-20/h2,5,9-10,14-15H,3-4,6-8,11H2,1H3,(H2,24,27)/b12-2+,13-5+/t14-,15-,20+/m0/s1. The molecule has 1 aromatic rings. The van der Waals surface area contributed by atoms with Crippen molar-refractivity contribution in [3.8, 4) is 0 Å². The van der Waals surface area contributed by atoms with Crippen molar-refractivity contribution in [3.05, 3.63) is 46.5 Å². The van der Waals surface area contributed by atoms with Gasteiger partial charge in [-0.05, 0) is 37.3 Å². The first-order chi connectivity index (χ1) is 13.9. The second-order valence-corrected chi connectivity index (χ2v) is 8.67. The van der Waals surface area contributed by atoms with Crippen molar-refractivity contribution in [2.45, 2.75) is 44.3 Å². The van der Waals surface area contributed by atoms with Gasteiger partial charge >= 0.3 is 0 Å². The number of thioether (sulfide) groups is 1. The second-order valence-electron chi connectivity index (χ2n) is 7.24. The summed E-state index contributed by atoms with van der Waals surface area (Å²) in [5.74, 6) is 0.235. The number of nitrogens with zero attached hydrogens (tertiary/aromatic N) is 3. The number of aromatic nitrogens is 2. The molecule has 29 heavy (non-hydrogen) atoms. The first-order valence-electron chi connectivity index (χ1n) is 9.43. The first-order valence-corrected chi connectivity index (χ1v) is 10.8. The highest BCUT2D eigenvalue weighted by atomic mass is 35.5. The molecule has 0 spiro atoms. The summed E-state index contributed by atoms with van der Waals surface area (Å²) in [7, 11) is 0. The lowest BCUT2D eigenvalue weighted by atomic mass is 9.68. The Morgan fingerprint density at radius 1 is 1.45 bits per heavy atom. The van der Waals surface area contributed by atoms with Crippen LogP contribution in [0.1, 0.15) is 43.1 Å². The van der Waals surface area contributed by atoms with Crippen molar-refractivity contribution in [2.24, 2.45) is 16.6 Å². The van der Waals surface area contributed by atoms with E-state index in [9.17, 15) is 13.6 Å². The number of fused-ring (bicyclic) bond motifs is 1. The van der Waals surface area contributed by atoms with E-state index in [0.717, 1.165) is 0 Å². The van der Waals surface area contributed by atoms with Crippen molar-refractivity contribution in [1.29, 1.82) is 0 Å². The van der Waals surface area contributed by atoms with Gasteiger partial charge in [-0.1, -0.05) is 35.5 Å². The molecule has 3 rings (SSSR count). The van der Waals surface area contributed by atoms with E-state index in [4.69, 9.17) is 17.3 Å². The quantitative estimate of drug-likeness (QED) is 0.520. The van der Waals surface area contributed by atoms with E-state index in [0.29, 0.717) is 41.3 Å². The summed E-state index contributed by atoms with van der Waals surface area (Å²) in [6, 6.07) is 0. The van der Waals surface area contributed by atoms with Gasteiger partial charge in [-0.25, -0.2) is 18.7 Å². The van der Waals surface area contributed by atoms with E-state index in [2.05, 4.69) is 15.0 Å². The van der Waals surface area contributed by atoms with Gasteiger partial charge in [0.15, 0.2) is 11.0 Å². The van der Waals surface area contributed by atoms with Crippen LogP contribution in [0.3, 0.4) is 0 Å². The second kappa shape index (κ2) is 9.34. The number of carbonyl (C=O) groups excluding carboxylic acids is 1. The monoisotopic (exact) mass is 440 g/mol. The van der Waals surface area contributed by atoms with Crippen LogP contribution in [0.25, 0.3) is 0 Å². The van der Waals surface area contributed by atoms with Crippen LogP contribution in [0.4, 0.5) is 8.78 Å². The van der Waals surface area contributed by atoms with Crippen molar-refractivity contribution in [2.75, 3.05) is 12.4 Å². The molecular weight excluding hydrogens is 418 g/mol. The Kier molecular flexibility index (Phi) is 7.05. The molecule has 1 fully saturated rings. The van der Waals surface area contributed by atoms with Crippen LogP contribution in [-0.2, 0) is 0 Å². The zero-order chi connectivity index (χ0) is 21.0. The molecule has 0 aromatic carbocycles. The van der Waals surface area contributed by atoms with Crippen LogP contribution in [0.2, 0.25) is 5.15 Å². The zero-order valence-corrected chi connectivity index (χ0v) is 17.6. The predicted molar refractivity (Wildman–Crippen MR) is 113 cm³/mol. The van der Waals surface area contributed by atoms with E-state index in [1.165, 1.54) is 24.2 Å². The fourth-order valence-corrected chi connectivity index (χ4v) is 5.05. The number of hydrogen-bond donors (Lipinski definition) is 1. The number of allylic oxidation sites excluding steroid dienone is 3. The van der Waals surface area contributed by atoms with E-state index < -0.39 is 18.4 Å². The maximum Gasteiger partial charge on any atom is 0.187 e. The van der Waals surface area contributed by atoms with E-state index >= 15 is 0 Å². The summed E-state index contributed by atoms with van der Waals surface area (Å²) in [4.78, 5) is 25.0. The predicted octanol–water partition coefficient (Wildman–Crippen LogP) is 4.48. The lowest BCUT2D eigenvalue weighted by Crippen LogP contribution is -2.49. The fraction of sp³-hybridized carbons (Fsp3) is 0.500. The topological polar surface area (TPSA) is 81.2 Å². The first kappa shape index (κ1) is 21.9. The smallest absolute Gasteiger partial charge is 0.187 e. The Bertz CT molecular complexity index is 859.